The van der Waals surface area contributed by atoms with Crippen LogP contribution in [0.4, 0.5) is 11.4 Å². The van der Waals surface area contributed by atoms with Gasteiger partial charge in [0.15, 0.2) is 0 Å². The van der Waals surface area contributed by atoms with E-state index in [-0.39, 0.29) is 28.4 Å². The lowest BCUT2D eigenvalue weighted by atomic mass is 10.1. The van der Waals surface area contributed by atoms with Crippen molar-refractivity contribution in [3.63, 3.8) is 0 Å². The first-order chi connectivity index (χ1) is 19.1. The van der Waals surface area contributed by atoms with Gasteiger partial charge in [-0.1, -0.05) is 65.7 Å². The predicted octanol–water partition coefficient (Wildman–Crippen LogP) is 6.11. The Bertz CT molecular complexity index is 1690. The summed E-state index contributed by atoms with van der Waals surface area (Å²) < 4.78 is 29.0. The molecule has 0 radical (unpaired) electrons. The fourth-order valence-corrected chi connectivity index (χ4v) is 5.48. The molecule has 11 heteroatoms. The summed E-state index contributed by atoms with van der Waals surface area (Å²) in [6.07, 6.45) is 0. The van der Waals surface area contributed by atoms with Gasteiger partial charge in [0.05, 0.1) is 33.3 Å². The minimum Gasteiger partial charge on any atom is -0.267 e. The Morgan fingerprint density at radius 1 is 0.975 bits per heavy atom. The molecule has 4 rings (SSSR count). The molecule has 204 valence electrons. The van der Waals surface area contributed by atoms with E-state index in [9.17, 15) is 23.3 Å². The van der Waals surface area contributed by atoms with Gasteiger partial charge in [0.25, 0.3) is 21.6 Å². The number of halogens is 1. The van der Waals surface area contributed by atoms with Crippen molar-refractivity contribution in [2.45, 2.75) is 25.3 Å². The average molecular weight is 577 g/mol. The van der Waals surface area contributed by atoms with E-state index >= 15 is 0 Å². The topological polar surface area (TPSA) is 122 Å². The second-order valence-corrected chi connectivity index (χ2v) is 11.2. The van der Waals surface area contributed by atoms with Gasteiger partial charge in [-0.25, -0.2) is 13.8 Å². The molecule has 0 aliphatic carbocycles. The van der Waals surface area contributed by atoms with Gasteiger partial charge in [-0.05, 0) is 55.8 Å². The van der Waals surface area contributed by atoms with E-state index in [1.807, 2.05) is 6.92 Å². The number of rotatable bonds is 9. The van der Waals surface area contributed by atoms with Crippen LogP contribution < -0.4 is 9.73 Å². The van der Waals surface area contributed by atoms with Crippen LogP contribution in [0.15, 0.2) is 107 Å². The third kappa shape index (κ3) is 6.53. The lowest BCUT2D eigenvalue weighted by molar-refractivity contribution is -0.384. The number of amides is 1. The van der Waals surface area contributed by atoms with Crippen LogP contribution in [-0.4, -0.2) is 25.0 Å². The predicted molar refractivity (Wildman–Crippen MR) is 155 cm³/mol. The second-order valence-electron chi connectivity index (χ2n) is 8.91. The van der Waals surface area contributed by atoms with Gasteiger partial charge in [0.2, 0.25) is 0 Å². The number of hydrogen-bond donors (Lipinski definition) is 1. The molecule has 0 aromatic heterocycles. The van der Waals surface area contributed by atoms with Crippen LogP contribution in [0.5, 0.6) is 0 Å². The molecule has 0 unspecified atom stereocenters. The molecule has 0 aliphatic rings. The number of aryl methyl sites for hydroxylation is 1. The van der Waals surface area contributed by atoms with Crippen molar-refractivity contribution in [2.75, 3.05) is 4.31 Å². The number of nitro benzene ring substituents is 1. The number of nitro groups is 1. The summed E-state index contributed by atoms with van der Waals surface area (Å²) in [6, 6.07) is 25.4. The molecular formula is C29H25ClN4O5S. The van der Waals surface area contributed by atoms with Gasteiger partial charge in [-0.3, -0.25) is 19.2 Å². The number of hydrazone groups is 1. The minimum absolute atomic E-state index is 0.0619. The molecule has 4 aromatic carbocycles. The van der Waals surface area contributed by atoms with Gasteiger partial charge in [-0.2, -0.15) is 5.10 Å². The highest BCUT2D eigenvalue weighted by atomic mass is 35.5. The van der Waals surface area contributed by atoms with Crippen molar-refractivity contribution in [1.82, 2.24) is 5.43 Å². The highest BCUT2D eigenvalue weighted by Gasteiger charge is 2.28. The Kier molecular flexibility index (Phi) is 8.61. The number of nitrogens with one attached hydrogen (secondary N) is 1. The maximum Gasteiger partial charge on any atom is 0.273 e. The van der Waals surface area contributed by atoms with Crippen LogP contribution in [0.2, 0.25) is 5.02 Å². The first-order valence-electron chi connectivity index (χ1n) is 12.1. The standard InChI is InChI=1S/C29H25ClN4O5S/c1-20-10-16-26(17-11-20)40(38,39)33(19-22-12-14-24(30)15-13-22)28-9-4-3-8-27(28)29(35)32-31-21(2)23-6-5-7-25(18-23)34(36)37/h3-18H,19H2,1-2H3,(H,32,35)/b31-21+. The fourth-order valence-electron chi connectivity index (χ4n) is 3.88. The minimum atomic E-state index is -4.10. The summed E-state index contributed by atoms with van der Waals surface area (Å²) >= 11 is 6.03. The number of carbonyl (C=O) groups is 1. The zero-order chi connectivity index (χ0) is 28.9. The van der Waals surface area contributed by atoms with Gasteiger partial charge >= 0.3 is 0 Å². The largest absolute Gasteiger partial charge is 0.273 e. The molecule has 4 aromatic rings. The van der Waals surface area contributed by atoms with Crippen molar-refractivity contribution in [1.29, 1.82) is 0 Å². The Hall–Kier alpha value is -4.54. The van der Waals surface area contributed by atoms with E-state index < -0.39 is 20.9 Å². The van der Waals surface area contributed by atoms with Crippen LogP contribution in [0, 0.1) is 17.0 Å². The summed E-state index contributed by atoms with van der Waals surface area (Å²) in [4.78, 5) is 24.0. The summed E-state index contributed by atoms with van der Waals surface area (Å²) in [5, 5.41) is 15.7. The molecule has 0 fully saturated rings. The number of carbonyl (C=O) groups excluding carboxylic acids is 1. The van der Waals surface area contributed by atoms with E-state index in [1.165, 1.54) is 40.7 Å². The normalized spacial score (nSPS) is 11.6. The lowest BCUT2D eigenvalue weighted by Gasteiger charge is -2.26. The van der Waals surface area contributed by atoms with Crippen LogP contribution in [0.1, 0.15) is 34.0 Å². The van der Waals surface area contributed by atoms with Gasteiger partial charge in [0, 0.05) is 22.7 Å². The van der Waals surface area contributed by atoms with Gasteiger partial charge < -0.3 is 0 Å². The smallest absolute Gasteiger partial charge is 0.267 e. The maximum absolute atomic E-state index is 13.9. The van der Waals surface area contributed by atoms with Crippen LogP contribution >= 0.6 is 11.6 Å². The molecule has 9 nitrogen and oxygen atoms in total. The summed E-state index contributed by atoms with van der Waals surface area (Å²) in [7, 11) is -4.10. The van der Waals surface area contributed by atoms with Crippen molar-refractivity contribution >= 4 is 44.6 Å². The Morgan fingerprint density at radius 3 is 2.33 bits per heavy atom. The molecule has 0 aliphatic heterocycles. The number of sulfonamides is 1. The molecule has 1 N–H and O–H groups in total. The van der Waals surface area contributed by atoms with E-state index in [0.29, 0.717) is 21.9 Å². The Labute approximate surface area is 236 Å². The van der Waals surface area contributed by atoms with Gasteiger partial charge in [0.1, 0.15) is 0 Å². The number of nitrogens with zero attached hydrogens (tertiary/aromatic N) is 3. The number of non-ortho nitro benzene ring substituents is 1. The molecule has 0 saturated carbocycles. The summed E-state index contributed by atoms with van der Waals surface area (Å²) in [5.41, 5.74) is 4.92. The highest BCUT2D eigenvalue weighted by Crippen LogP contribution is 2.30. The van der Waals surface area contributed by atoms with Crippen LogP contribution in [0.3, 0.4) is 0 Å². The number of hydrogen-bond acceptors (Lipinski definition) is 6. The van der Waals surface area contributed by atoms with E-state index in [0.717, 1.165) is 5.56 Å². The van der Waals surface area contributed by atoms with Crippen molar-refractivity contribution < 1.29 is 18.1 Å². The molecule has 0 bridgehead atoms. The van der Waals surface area contributed by atoms with Crippen LogP contribution in [-0.2, 0) is 16.6 Å². The second kappa shape index (κ2) is 12.1. The van der Waals surface area contributed by atoms with Crippen LogP contribution in [0.25, 0.3) is 0 Å². The summed E-state index contributed by atoms with van der Waals surface area (Å²) in [6.45, 7) is 3.39. The maximum atomic E-state index is 13.9. The highest BCUT2D eigenvalue weighted by molar-refractivity contribution is 7.92. The molecular weight excluding hydrogens is 552 g/mol. The SMILES string of the molecule is C/C(=N\NC(=O)c1ccccc1N(Cc1ccc(Cl)cc1)S(=O)(=O)c1ccc(C)cc1)c1cccc([N+](=O)[O-])c1. The molecule has 1 amide bonds. The third-order valence-electron chi connectivity index (χ3n) is 6.07. The van der Waals surface area contributed by atoms with E-state index in [2.05, 4.69) is 10.5 Å². The lowest BCUT2D eigenvalue weighted by Crippen LogP contribution is -2.33. The third-order valence-corrected chi connectivity index (χ3v) is 8.09. The van der Waals surface area contributed by atoms with E-state index in [1.54, 1.807) is 67.6 Å². The monoisotopic (exact) mass is 576 g/mol. The molecule has 40 heavy (non-hydrogen) atoms. The number of benzene rings is 4. The molecule has 0 heterocycles. The molecule has 0 saturated heterocycles. The van der Waals surface area contributed by atoms with Gasteiger partial charge in [-0.15, -0.1) is 0 Å². The zero-order valence-electron chi connectivity index (χ0n) is 21.6. The average Bonchev–Trinajstić information content (AvgIpc) is 2.95. The molecule has 0 atom stereocenters. The first kappa shape index (κ1) is 28.5. The number of anilines is 1. The Morgan fingerprint density at radius 2 is 1.65 bits per heavy atom. The zero-order valence-corrected chi connectivity index (χ0v) is 23.2. The fraction of sp³-hybridized carbons (Fsp3) is 0.103. The van der Waals surface area contributed by atoms with Crippen molar-refractivity contribution in [3.05, 3.63) is 134 Å². The van der Waals surface area contributed by atoms with Crippen molar-refractivity contribution in [3.8, 4) is 0 Å². The van der Waals surface area contributed by atoms with Crippen molar-refractivity contribution in [2.24, 2.45) is 5.10 Å². The molecule has 0 spiro atoms. The number of para-hydroxylation sites is 1. The summed E-state index contributed by atoms with van der Waals surface area (Å²) in [5.74, 6) is -0.652. The Balaban J connectivity index is 1.72. The quantitative estimate of drug-likeness (QED) is 0.146. The first-order valence-corrected chi connectivity index (χ1v) is 13.9. The van der Waals surface area contributed by atoms with E-state index in [4.69, 9.17) is 11.6 Å².